The summed E-state index contributed by atoms with van der Waals surface area (Å²) >= 11 is 0. The van der Waals surface area contributed by atoms with E-state index in [1.54, 1.807) is 24.9 Å². The Bertz CT molecular complexity index is 636. The molecule has 2 heterocycles. The average molecular weight is 291 g/mol. The largest absolute Gasteiger partial charge is 0.396 e. The van der Waals surface area contributed by atoms with E-state index in [4.69, 9.17) is 9.63 Å². The van der Waals surface area contributed by atoms with Crippen LogP contribution in [0.3, 0.4) is 0 Å². The zero-order valence-corrected chi connectivity index (χ0v) is 12.7. The lowest BCUT2D eigenvalue weighted by atomic mass is 10.1. The minimum atomic E-state index is -0.0548. The third-order valence-electron chi connectivity index (χ3n) is 3.47. The van der Waals surface area contributed by atoms with Gasteiger partial charge in [-0.25, -0.2) is 4.98 Å². The maximum atomic E-state index is 12.6. The molecule has 0 saturated carbocycles. The molecule has 6 heteroatoms. The lowest BCUT2D eigenvalue weighted by Crippen LogP contribution is -2.28. The molecule has 0 spiro atoms. The third kappa shape index (κ3) is 3.39. The fourth-order valence-electron chi connectivity index (χ4n) is 2.33. The number of carbonyl (C=O) groups excluding carboxylic acids is 1. The molecule has 114 valence electrons. The van der Waals surface area contributed by atoms with Crippen LogP contribution in [0.2, 0.25) is 0 Å². The SMILES string of the molecule is Cc1cc(C(=O)N(C)CCCCCO)c2c(C)noc2n1. The van der Waals surface area contributed by atoms with E-state index in [9.17, 15) is 4.79 Å². The standard InChI is InChI=1S/C15H21N3O3/c1-10-9-12(13-11(2)17-21-14(13)16-10)15(20)18(3)7-5-4-6-8-19/h9,19H,4-8H2,1-3H3. The molecule has 1 amide bonds. The van der Waals surface area contributed by atoms with E-state index < -0.39 is 0 Å². The molecule has 0 aliphatic heterocycles. The summed E-state index contributed by atoms with van der Waals surface area (Å²) in [6, 6.07) is 1.78. The van der Waals surface area contributed by atoms with Crippen molar-refractivity contribution in [2.75, 3.05) is 20.2 Å². The van der Waals surface area contributed by atoms with Crippen LogP contribution >= 0.6 is 0 Å². The Balaban J connectivity index is 2.20. The van der Waals surface area contributed by atoms with Gasteiger partial charge in [0.25, 0.3) is 11.6 Å². The maximum Gasteiger partial charge on any atom is 0.258 e. The Morgan fingerprint density at radius 1 is 1.33 bits per heavy atom. The molecule has 0 atom stereocenters. The lowest BCUT2D eigenvalue weighted by molar-refractivity contribution is 0.0794. The summed E-state index contributed by atoms with van der Waals surface area (Å²) in [5.74, 6) is -0.0548. The van der Waals surface area contributed by atoms with Crippen molar-refractivity contribution < 1.29 is 14.4 Å². The van der Waals surface area contributed by atoms with Gasteiger partial charge in [0.05, 0.1) is 16.6 Å². The molecule has 0 aromatic carbocycles. The summed E-state index contributed by atoms with van der Waals surface area (Å²) < 4.78 is 5.15. The van der Waals surface area contributed by atoms with E-state index >= 15 is 0 Å². The van der Waals surface area contributed by atoms with Gasteiger partial charge < -0.3 is 14.5 Å². The minimum absolute atomic E-state index is 0.0548. The second-order valence-corrected chi connectivity index (χ2v) is 5.27. The summed E-state index contributed by atoms with van der Waals surface area (Å²) in [5, 5.41) is 13.3. The molecule has 0 unspecified atom stereocenters. The molecule has 0 saturated heterocycles. The Kier molecular flexibility index (Phi) is 4.90. The van der Waals surface area contributed by atoms with Crippen LogP contribution < -0.4 is 0 Å². The zero-order valence-electron chi connectivity index (χ0n) is 12.7. The highest BCUT2D eigenvalue weighted by molar-refractivity contribution is 6.05. The molecular weight excluding hydrogens is 270 g/mol. The van der Waals surface area contributed by atoms with Crippen LogP contribution in [0.4, 0.5) is 0 Å². The van der Waals surface area contributed by atoms with E-state index in [0.29, 0.717) is 28.9 Å². The molecule has 2 aromatic rings. The number of hydrogen-bond acceptors (Lipinski definition) is 5. The smallest absolute Gasteiger partial charge is 0.258 e. The highest BCUT2D eigenvalue weighted by Crippen LogP contribution is 2.23. The minimum Gasteiger partial charge on any atom is -0.396 e. The molecule has 2 rings (SSSR count). The van der Waals surface area contributed by atoms with E-state index in [1.165, 1.54) is 0 Å². The van der Waals surface area contributed by atoms with Crippen LogP contribution in [0.15, 0.2) is 10.6 Å². The first-order valence-corrected chi connectivity index (χ1v) is 7.14. The Morgan fingerprint density at radius 2 is 2.10 bits per heavy atom. The summed E-state index contributed by atoms with van der Waals surface area (Å²) in [6.07, 6.45) is 2.55. The van der Waals surface area contributed by atoms with Crippen LogP contribution in [-0.4, -0.2) is 46.3 Å². The number of amides is 1. The fraction of sp³-hybridized carbons (Fsp3) is 0.533. The van der Waals surface area contributed by atoms with Gasteiger partial charge in [0.2, 0.25) is 0 Å². The van der Waals surface area contributed by atoms with Gasteiger partial charge in [0.1, 0.15) is 0 Å². The zero-order chi connectivity index (χ0) is 15.4. The first-order chi connectivity index (χ1) is 10.0. The molecule has 1 N–H and O–H groups in total. The highest BCUT2D eigenvalue weighted by Gasteiger charge is 2.20. The summed E-state index contributed by atoms with van der Waals surface area (Å²) in [6.45, 7) is 4.49. The Hall–Kier alpha value is -1.95. The van der Waals surface area contributed by atoms with Gasteiger partial charge in [-0.3, -0.25) is 4.79 Å². The molecule has 0 bridgehead atoms. The van der Waals surface area contributed by atoms with Crippen LogP contribution in [0.1, 0.15) is 41.0 Å². The molecule has 0 radical (unpaired) electrons. The number of aromatic nitrogens is 2. The molecule has 6 nitrogen and oxygen atoms in total. The Labute approximate surface area is 123 Å². The van der Waals surface area contributed by atoms with Gasteiger partial charge in [0, 0.05) is 25.9 Å². The van der Waals surface area contributed by atoms with E-state index in [0.717, 1.165) is 25.0 Å². The average Bonchev–Trinajstić information content (AvgIpc) is 2.83. The van der Waals surface area contributed by atoms with Crippen molar-refractivity contribution in [1.82, 2.24) is 15.0 Å². The van der Waals surface area contributed by atoms with Crippen LogP contribution in [0.5, 0.6) is 0 Å². The van der Waals surface area contributed by atoms with Crippen molar-refractivity contribution in [2.24, 2.45) is 0 Å². The second kappa shape index (κ2) is 6.67. The number of fused-ring (bicyclic) bond motifs is 1. The predicted octanol–water partition coefficient (Wildman–Crippen LogP) is 2.07. The predicted molar refractivity (Wildman–Crippen MR) is 79.2 cm³/mol. The van der Waals surface area contributed by atoms with Gasteiger partial charge in [-0.15, -0.1) is 0 Å². The highest BCUT2D eigenvalue weighted by atomic mass is 16.5. The van der Waals surface area contributed by atoms with Crippen LogP contribution in [-0.2, 0) is 0 Å². The van der Waals surface area contributed by atoms with Crippen molar-refractivity contribution in [1.29, 1.82) is 0 Å². The normalized spacial score (nSPS) is 11.0. The first-order valence-electron chi connectivity index (χ1n) is 7.14. The van der Waals surface area contributed by atoms with E-state index in [1.807, 2.05) is 6.92 Å². The topological polar surface area (TPSA) is 79.5 Å². The van der Waals surface area contributed by atoms with Gasteiger partial charge in [-0.1, -0.05) is 5.16 Å². The monoisotopic (exact) mass is 291 g/mol. The van der Waals surface area contributed by atoms with Gasteiger partial charge in [-0.2, -0.15) is 0 Å². The van der Waals surface area contributed by atoms with Crippen LogP contribution in [0, 0.1) is 13.8 Å². The molecule has 0 fully saturated rings. The van der Waals surface area contributed by atoms with Gasteiger partial charge in [0.15, 0.2) is 0 Å². The molecule has 0 aliphatic carbocycles. The number of aliphatic hydroxyl groups excluding tert-OH is 1. The quantitative estimate of drug-likeness (QED) is 0.824. The number of hydrogen-bond donors (Lipinski definition) is 1. The summed E-state index contributed by atoms with van der Waals surface area (Å²) in [7, 11) is 1.78. The Morgan fingerprint density at radius 3 is 2.81 bits per heavy atom. The lowest BCUT2D eigenvalue weighted by Gasteiger charge is -2.17. The van der Waals surface area contributed by atoms with Crippen molar-refractivity contribution in [2.45, 2.75) is 33.1 Å². The number of aryl methyl sites for hydroxylation is 2. The van der Waals surface area contributed by atoms with Crippen LogP contribution in [0.25, 0.3) is 11.1 Å². The van der Waals surface area contributed by atoms with E-state index in [-0.39, 0.29) is 12.5 Å². The van der Waals surface area contributed by atoms with Crippen molar-refractivity contribution in [3.63, 3.8) is 0 Å². The molecule has 2 aromatic heterocycles. The molecule has 21 heavy (non-hydrogen) atoms. The van der Waals surface area contributed by atoms with Gasteiger partial charge in [-0.05, 0) is 39.2 Å². The second-order valence-electron chi connectivity index (χ2n) is 5.27. The fourth-order valence-corrected chi connectivity index (χ4v) is 2.33. The van der Waals surface area contributed by atoms with E-state index in [2.05, 4.69) is 10.1 Å². The number of carbonyl (C=O) groups is 1. The number of unbranched alkanes of at least 4 members (excludes halogenated alkanes) is 2. The van der Waals surface area contributed by atoms with Crippen molar-refractivity contribution >= 4 is 17.0 Å². The van der Waals surface area contributed by atoms with Crippen molar-refractivity contribution in [3.8, 4) is 0 Å². The number of aliphatic hydroxyl groups is 1. The molecular formula is C15H21N3O3. The van der Waals surface area contributed by atoms with Gasteiger partial charge >= 0.3 is 0 Å². The first kappa shape index (κ1) is 15.4. The maximum absolute atomic E-state index is 12.6. The third-order valence-corrected chi connectivity index (χ3v) is 3.47. The number of nitrogens with zero attached hydrogens (tertiary/aromatic N) is 3. The van der Waals surface area contributed by atoms with Crippen molar-refractivity contribution in [3.05, 3.63) is 23.0 Å². The number of rotatable bonds is 6. The molecule has 0 aliphatic rings. The summed E-state index contributed by atoms with van der Waals surface area (Å²) in [4.78, 5) is 18.6. The summed E-state index contributed by atoms with van der Waals surface area (Å²) in [5.41, 5.74) is 2.40. The number of pyridine rings is 1.